The molecular formula is C21H19ClF2N2O2. The summed E-state index contributed by atoms with van der Waals surface area (Å²) in [6.07, 6.45) is 2.97. The van der Waals surface area contributed by atoms with Gasteiger partial charge in [-0.15, -0.1) is 0 Å². The van der Waals surface area contributed by atoms with Crippen LogP contribution in [0.5, 0.6) is 0 Å². The maximum absolute atomic E-state index is 13.2. The molecule has 0 radical (unpaired) electrons. The quantitative estimate of drug-likeness (QED) is 0.725. The standard InChI is InChI=1S/C21H19ClF2N2O2/c22-17-3-1-2-16(12-17)14-26-11-10-25(9-8-21(26)28)20(27)7-5-15-4-6-18(23)19(24)13-15/h1-7,12-13H,8-11,14H2/b7-5+. The van der Waals surface area contributed by atoms with Gasteiger partial charge in [-0.2, -0.15) is 0 Å². The summed E-state index contributed by atoms with van der Waals surface area (Å²) in [6.45, 7) is 1.56. The fraction of sp³-hybridized carbons (Fsp3) is 0.238. The van der Waals surface area contributed by atoms with Crippen molar-refractivity contribution < 1.29 is 18.4 Å². The molecule has 0 atom stereocenters. The SMILES string of the molecule is O=C(/C=C/c1ccc(F)c(F)c1)N1CCC(=O)N(Cc2cccc(Cl)c2)CC1. The maximum atomic E-state index is 13.2. The zero-order valence-electron chi connectivity index (χ0n) is 15.1. The first-order valence-corrected chi connectivity index (χ1v) is 9.24. The summed E-state index contributed by atoms with van der Waals surface area (Å²) >= 11 is 5.99. The lowest BCUT2D eigenvalue weighted by atomic mass is 10.2. The Balaban J connectivity index is 1.61. The zero-order valence-corrected chi connectivity index (χ0v) is 15.8. The normalized spacial score (nSPS) is 15.2. The van der Waals surface area contributed by atoms with Crippen LogP contribution in [0.3, 0.4) is 0 Å². The second kappa shape index (κ2) is 8.97. The van der Waals surface area contributed by atoms with Gasteiger partial charge in [-0.1, -0.05) is 29.8 Å². The summed E-state index contributed by atoms with van der Waals surface area (Å²) < 4.78 is 26.2. The average Bonchev–Trinajstić information content (AvgIpc) is 2.85. The highest BCUT2D eigenvalue weighted by Crippen LogP contribution is 2.15. The highest BCUT2D eigenvalue weighted by Gasteiger charge is 2.23. The Morgan fingerprint density at radius 3 is 2.64 bits per heavy atom. The van der Waals surface area contributed by atoms with Gasteiger partial charge < -0.3 is 9.80 Å². The first-order chi connectivity index (χ1) is 13.4. The molecule has 0 saturated carbocycles. The van der Waals surface area contributed by atoms with Crippen molar-refractivity contribution in [3.05, 3.63) is 76.3 Å². The van der Waals surface area contributed by atoms with Gasteiger partial charge in [0.15, 0.2) is 11.6 Å². The van der Waals surface area contributed by atoms with Crippen LogP contribution < -0.4 is 0 Å². The van der Waals surface area contributed by atoms with E-state index in [9.17, 15) is 18.4 Å². The molecule has 0 aliphatic carbocycles. The predicted octanol–water partition coefficient (Wildman–Crippen LogP) is 3.89. The van der Waals surface area contributed by atoms with Crippen molar-refractivity contribution in [2.24, 2.45) is 0 Å². The number of amides is 2. The summed E-state index contributed by atoms with van der Waals surface area (Å²) in [5.74, 6) is -2.21. The Hall–Kier alpha value is -2.73. The maximum Gasteiger partial charge on any atom is 0.246 e. The number of benzene rings is 2. The van der Waals surface area contributed by atoms with Crippen molar-refractivity contribution in [2.75, 3.05) is 19.6 Å². The van der Waals surface area contributed by atoms with Crippen molar-refractivity contribution in [1.29, 1.82) is 0 Å². The number of carbonyl (C=O) groups is 2. The molecule has 2 aromatic carbocycles. The predicted molar refractivity (Wildman–Crippen MR) is 103 cm³/mol. The Morgan fingerprint density at radius 1 is 1.07 bits per heavy atom. The molecule has 0 N–H and O–H groups in total. The van der Waals surface area contributed by atoms with Crippen LogP contribution in [0.15, 0.2) is 48.5 Å². The zero-order chi connectivity index (χ0) is 20.1. The molecule has 2 aromatic rings. The monoisotopic (exact) mass is 404 g/mol. The second-order valence-electron chi connectivity index (χ2n) is 6.53. The lowest BCUT2D eigenvalue weighted by Crippen LogP contribution is -2.34. The molecule has 1 aliphatic rings. The number of halogens is 3. The van der Waals surface area contributed by atoms with Gasteiger partial charge in [-0.25, -0.2) is 8.78 Å². The summed E-state index contributed by atoms with van der Waals surface area (Å²) in [4.78, 5) is 28.1. The van der Waals surface area contributed by atoms with Crippen molar-refractivity contribution in [2.45, 2.75) is 13.0 Å². The van der Waals surface area contributed by atoms with Gasteiger partial charge in [-0.3, -0.25) is 9.59 Å². The van der Waals surface area contributed by atoms with Crippen LogP contribution in [0.25, 0.3) is 6.08 Å². The summed E-state index contributed by atoms with van der Waals surface area (Å²) in [7, 11) is 0. The van der Waals surface area contributed by atoms with Crippen molar-refractivity contribution in [3.63, 3.8) is 0 Å². The van der Waals surface area contributed by atoms with E-state index in [0.29, 0.717) is 36.8 Å². The lowest BCUT2D eigenvalue weighted by Gasteiger charge is -2.21. The van der Waals surface area contributed by atoms with Gasteiger partial charge >= 0.3 is 0 Å². The molecular weight excluding hydrogens is 386 g/mol. The molecule has 0 unspecified atom stereocenters. The van der Waals surface area contributed by atoms with Gasteiger partial charge in [0.1, 0.15) is 0 Å². The Bertz CT molecular complexity index is 917. The van der Waals surface area contributed by atoms with Crippen LogP contribution in [0.4, 0.5) is 8.78 Å². The number of hydrogen-bond acceptors (Lipinski definition) is 2. The summed E-state index contributed by atoms with van der Waals surface area (Å²) in [6, 6.07) is 10.7. The Kier molecular flexibility index (Phi) is 6.41. The fourth-order valence-electron chi connectivity index (χ4n) is 3.00. The van der Waals surface area contributed by atoms with Crippen LogP contribution in [-0.2, 0) is 16.1 Å². The highest BCUT2D eigenvalue weighted by molar-refractivity contribution is 6.30. The largest absolute Gasteiger partial charge is 0.337 e. The highest BCUT2D eigenvalue weighted by atomic mass is 35.5. The van der Waals surface area contributed by atoms with Gasteiger partial charge in [-0.05, 0) is 41.5 Å². The Labute approximate surface area is 167 Å². The number of rotatable bonds is 4. The van der Waals surface area contributed by atoms with Gasteiger partial charge in [0.25, 0.3) is 0 Å². The topological polar surface area (TPSA) is 40.6 Å². The molecule has 2 amide bonds. The van der Waals surface area contributed by atoms with Crippen molar-refractivity contribution in [3.8, 4) is 0 Å². The fourth-order valence-corrected chi connectivity index (χ4v) is 3.21. The molecule has 146 valence electrons. The van der Waals surface area contributed by atoms with E-state index in [-0.39, 0.29) is 18.2 Å². The van der Waals surface area contributed by atoms with E-state index in [4.69, 9.17) is 11.6 Å². The first-order valence-electron chi connectivity index (χ1n) is 8.86. The minimum absolute atomic E-state index is 0.0279. The Morgan fingerprint density at radius 2 is 1.89 bits per heavy atom. The van der Waals surface area contributed by atoms with Gasteiger partial charge in [0, 0.05) is 43.7 Å². The molecule has 7 heteroatoms. The first kappa shape index (κ1) is 20.0. The van der Waals surface area contributed by atoms with E-state index in [2.05, 4.69) is 0 Å². The van der Waals surface area contributed by atoms with Crippen LogP contribution in [0, 0.1) is 11.6 Å². The van der Waals surface area contributed by atoms with E-state index in [0.717, 1.165) is 17.7 Å². The van der Waals surface area contributed by atoms with E-state index >= 15 is 0 Å². The molecule has 0 aromatic heterocycles. The minimum Gasteiger partial charge on any atom is -0.337 e. The van der Waals surface area contributed by atoms with E-state index in [1.807, 2.05) is 18.2 Å². The molecule has 1 aliphatic heterocycles. The van der Waals surface area contributed by atoms with E-state index in [1.54, 1.807) is 15.9 Å². The van der Waals surface area contributed by atoms with E-state index < -0.39 is 11.6 Å². The molecule has 0 spiro atoms. The van der Waals surface area contributed by atoms with Gasteiger partial charge in [0.05, 0.1) is 0 Å². The molecule has 28 heavy (non-hydrogen) atoms. The molecule has 1 heterocycles. The molecule has 1 saturated heterocycles. The smallest absolute Gasteiger partial charge is 0.246 e. The third kappa shape index (κ3) is 5.16. The van der Waals surface area contributed by atoms with Crippen LogP contribution >= 0.6 is 11.6 Å². The molecule has 1 fully saturated rings. The average molecular weight is 405 g/mol. The second-order valence-corrected chi connectivity index (χ2v) is 6.96. The van der Waals surface area contributed by atoms with Crippen LogP contribution in [0.1, 0.15) is 17.5 Å². The number of hydrogen-bond donors (Lipinski definition) is 0. The summed E-state index contributed by atoms with van der Waals surface area (Å²) in [5, 5.41) is 0.610. The number of nitrogens with zero attached hydrogens (tertiary/aromatic N) is 2. The molecule has 0 bridgehead atoms. The van der Waals surface area contributed by atoms with Crippen LogP contribution in [0.2, 0.25) is 5.02 Å². The van der Waals surface area contributed by atoms with Crippen molar-refractivity contribution in [1.82, 2.24) is 9.80 Å². The molecule has 3 rings (SSSR count). The number of carbonyl (C=O) groups excluding carboxylic acids is 2. The summed E-state index contributed by atoms with van der Waals surface area (Å²) in [5.41, 5.74) is 1.32. The lowest BCUT2D eigenvalue weighted by molar-refractivity contribution is -0.130. The van der Waals surface area contributed by atoms with E-state index in [1.165, 1.54) is 18.2 Å². The third-order valence-electron chi connectivity index (χ3n) is 4.52. The van der Waals surface area contributed by atoms with Gasteiger partial charge in [0.2, 0.25) is 11.8 Å². The third-order valence-corrected chi connectivity index (χ3v) is 4.76. The minimum atomic E-state index is -0.966. The van der Waals surface area contributed by atoms with Crippen LogP contribution in [-0.4, -0.2) is 41.2 Å². The molecule has 4 nitrogen and oxygen atoms in total. The van der Waals surface area contributed by atoms with Crippen molar-refractivity contribution >= 4 is 29.5 Å².